The maximum absolute atomic E-state index is 13.0. The van der Waals surface area contributed by atoms with Crippen LogP contribution in [-0.2, 0) is 9.47 Å². The van der Waals surface area contributed by atoms with Crippen LogP contribution in [0.3, 0.4) is 0 Å². The smallest absolute Gasteiger partial charge is 0.402 e. The fraction of sp³-hybridized carbons (Fsp3) is 0.667. The first-order valence-electron chi connectivity index (χ1n) is 3.40. The van der Waals surface area contributed by atoms with E-state index >= 15 is 0 Å². The van der Waals surface area contributed by atoms with Crippen LogP contribution in [0.25, 0.3) is 0 Å². The molecule has 0 radical (unpaired) electrons. The monoisotopic (exact) mass is 240 g/mol. The molecule has 1 rings (SSSR count). The molecule has 1 aliphatic rings. The van der Waals surface area contributed by atoms with Crippen LogP contribution in [0.2, 0.25) is 0 Å². The summed E-state index contributed by atoms with van der Waals surface area (Å²) < 4.78 is 91.5. The first-order chi connectivity index (χ1) is 6.62. The van der Waals surface area contributed by atoms with Gasteiger partial charge in [-0.25, -0.2) is 4.39 Å². The van der Waals surface area contributed by atoms with Crippen LogP contribution in [0.1, 0.15) is 0 Å². The van der Waals surface area contributed by atoms with Gasteiger partial charge in [0.1, 0.15) is 0 Å². The number of alkyl halides is 6. The molecule has 0 amide bonds. The molecule has 0 saturated carbocycles. The Morgan fingerprint density at radius 3 is 2.20 bits per heavy atom. The highest BCUT2D eigenvalue weighted by molar-refractivity contribution is 5.08. The van der Waals surface area contributed by atoms with Crippen molar-refractivity contribution in [3.05, 3.63) is 12.1 Å². The Kier molecular flexibility index (Phi) is 2.62. The van der Waals surface area contributed by atoms with Gasteiger partial charge in [-0.3, -0.25) is 4.74 Å². The lowest BCUT2D eigenvalue weighted by atomic mass is 10.3. The molecule has 0 fully saturated rings. The lowest BCUT2D eigenvalue weighted by molar-refractivity contribution is -0.406. The Morgan fingerprint density at radius 1 is 1.33 bits per heavy atom. The summed E-state index contributed by atoms with van der Waals surface area (Å²) >= 11 is 0. The Morgan fingerprint density at radius 2 is 1.87 bits per heavy atom. The van der Waals surface area contributed by atoms with Crippen molar-refractivity contribution in [3.63, 3.8) is 0 Å². The van der Waals surface area contributed by atoms with Crippen molar-refractivity contribution in [1.29, 1.82) is 0 Å². The van der Waals surface area contributed by atoms with E-state index in [-0.39, 0.29) is 0 Å². The van der Waals surface area contributed by atoms with Crippen molar-refractivity contribution in [2.75, 3.05) is 6.67 Å². The molecule has 0 aromatic rings. The summed E-state index contributed by atoms with van der Waals surface area (Å²) in [6.07, 6.45) is -10.4. The normalized spacial score (nSPS) is 29.9. The molecule has 0 N–H and O–H groups in total. The lowest BCUT2D eigenvalue weighted by Gasteiger charge is -2.26. The third kappa shape index (κ3) is 2.16. The maximum atomic E-state index is 13.0. The predicted octanol–water partition coefficient (Wildman–Crippen LogP) is 2.67. The molecule has 0 aromatic heterocycles. The van der Waals surface area contributed by atoms with Gasteiger partial charge in [0.05, 0.1) is 6.08 Å². The molecule has 0 aromatic carbocycles. The van der Waals surface area contributed by atoms with Gasteiger partial charge < -0.3 is 4.74 Å². The third-order valence-electron chi connectivity index (χ3n) is 1.38. The van der Waals surface area contributed by atoms with Crippen molar-refractivity contribution < 1.29 is 40.2 Å². The van der Waals surface area contributed by atoms with E-state index in [1.54, 1.807) is 0 Å². The summed E-state index contributed by atoms with van der Waals surface area (Å²) in [5.74, 6) is -4.54. The van der Waals surface area contributed by atoms with Crippen LogP contribution in [0.15, 0.2) is 12.1 Å². The minimum absolute atomic E-state index is 0.642. The zero-order chi connectivity index (χ0) is 11.9. The van der Waals surface area contributed by atoms with Crippen molar-refractivity contribution in [2.24, 2.45) is 0 Å². The molecule has 0 aliphatic carbocycles. The van der Waals surface area contributed by atoms with E-state index < -0.39 is 36.8 Å². The minimum atomic E-state index is -4.98. The van der Waals surface area contributed by atoms with Crippen LogP contribution in [0.5, 0.6) is 0 Å². The highest BCUT2D eigenvalue weighted by atomic mass is 19.3. The topological polar surface area (TPSA) is 18.5 Å². The molecule has 88 valence electrons. The number of hydrogen-bond acceptors (Lipinski definition) is 2. The maximum Gasteiger partial charge on any atom is 0.465 e. The number of ether oxygens (including phenoxy) is 2. The first-order valence-corrected chi connectivity index (χ1v) is 3.40. The second kappa shape index (κ2) is 3.26. The third-order valence-corrected chi connectivity index (χ3v) is 1.38. The average molecular weight is 240 g/mol. The van der Waals surface area contributed by atoms with Crippen LogP contribution in [0.4, 0.5) is 30.7 Å². The van der Waals surface area contributed by atoms with Crippen LogP contribution >= 0.6 is 0 Å². The molecule has 1 unspecified atom stereocenters. The molecule has 1 atom stereocenters. The lowest BCUT2D eigenvalue weighted by Crippen LogP contribution is -2.47. The molecule has 0 saturated heterocycles. The van der Waals surface area contributed by atoms with Gasteiger partial charge in [0.15, 0.2) is 6.67 Å². The van der Waals surface area contributed by atoms with Gasteiger partial charge in [-0.15, -0.1) is 0 Å². The van der Waals surface area contributed by atoms with Crippen LogP contribution in [-0.4, -0.2) is 24.7 Å². The van der Waals surface area contributed by atoms with E-state index in [0.29, 0.717) is 0 Å². The van der Waals surface area contributed by atoms with Gasteiger partial charge in [-0.05, 0) is 0 Å². The highest BCUT2D eigenvalue weighted by Crippen LogP contribution is 2.46. The Hall–Kier alpha value is -0.990. The summed E-state index contributed by atoms with van der Waals surface area (Å²) in [5.41, 5.74) is 0. The van der Waals surface area contributed by atoms with E-state index in [1.165, 1.54) is 0 Å². The van der Waals surface area contributed by atoms with Gasteiger partial charge in [0, 0.05) is 0 Å². The number of rotatable bonds is 3. The zero-order valence-corrected chi connectivity index (χ0v) is 6.75. The standard InChI is InChI=1S/C6H3F7O2/c7-2-5(10,11)15-4(9)1-3(8)14-6(4,12)13/h1H,2H2. The van der Waals surface area contributed by atoms with Gasteiger partial charge in [0.2, 0.25) is 0 Å². The molecule has 9 heteroatoms. The Balaban J connectivity index is 2.92. The highest BCUT2D eigenvalue weighted by Gasteiger charge is 2.67. The molecule has 1 heterocycles. The van der Waals surface area contributed by atoms with Crippen molar-refractivity contribution in [2.45, 2.75) is 18.1 Å². The second-order valence-electron chi connectivity index (χ2n) is 2.59. The quantitative estimate of drug-likeness (QED) is 0.706. The van der Waals surface area contributed by atoms with E-state index in [0.717, 1.165) is 0 Å². The molecule has 0 bridgehead atoms. The predicted molar refractivity (Wildman–Crippen MR) is 31.1 cm³/mol. The van der Waals surface area contributed by atoms with E-state index in [1.807, 2.05) is 0 Å². The van der Waals surface area contributed by atoms with Gasteiger partial charge >= 0.3 is 18.1 Å². The molecule has 0 spiro atoms. The Bertz CT molecular complexity index is 289. The average Bonchev–Trinajstić information content (AvgIpc) is 2.19. The van der Waals surface area contributed by atoms with Gasteiger partial charge in [-0.1, -0.05) is 0 Å². The minimum Gasteiger partial charge on any atom is -0.402 e. The summed E-state index contributed by atoms with van der Waals surface area (Å²) in [6.45, 7) is -2.54. The first kappa shape index (κ1) is 12.1. The van der Waals surface area contributed by atoms with Crippen molar-refractivity contribution in [3.8, 4) is 0 Å². The van der Waals surface area contributed by atoms with Gasteiger partial charge in [-0.2, -0.15) is 26.3 Å². The fourth-order valence-electron chi connectivity index (χ4n) is 0.785. The number of halogens is 7. The van der Waals surface area contributed by atoms with Crippen molar-refractivity contribution >= 4 is 0 Å². The SMILES string of the molecule is FCC(F)(F)OC1(F)C=C(F)OC1(F)F. The largest absolute Gasteiger partial charge is 0.465 e. The van der Waals surface area contributed by atoms with Crippen LogP contribution in [0, 0.1) is 0 Å². The summed E-state index contributed by atoms with van der Waals surface area (Å²) in [7, 11) is 0. The number of hydrogen-bond donors (Lipinski definition) is 0. The van der Waals surface area contributed by atoms with Crippen molar-refractivity contribution in [1.82, 2.24) is 0 Å². The fourth-order valence-corrected chi connectivity index (χ4v) is 0.785. The molecule has 15 heavy (non-hydrogen) atoms. The van der Waals surface area contributed by atoms with Crippen LogP contribution < -0.4 is 0 Å². The summed E-state index contributed by atoms with van der Waals surface area (Å²) in [4.78, 5) is 0. The molecular formula is C6H3F7O2. The second-order valence-corrected chi connectivity index (χ2v) is 2.59. The molecule has 1 aliphatic heterocycles. The van der Waals surface area contributed by atoms with E-state index in [2.05, 4.69) is 9.47 Å². The zero-order valence-electron chi connectivity index (χ0n) is 6.75. The molecule has 2 nitrogen and oxygen atoms in total. The van der Waals surface area contributed by atoms with E-state index in [4.69, 9.17) is 0 Å². The molecular weight excluding hydrogens is 237 g/mol. The summed E-state index contributed by atoms with van der Waals surface area (Å²) in [6, 6.07) is -2.13. The van der Waals surface area contributed by atoms with E-state index in [9.17, 15) is 30.7 Å². The van der Waals surface area contributed by atoms with Gasteiger partial charge in [0.25, 0.3) is 6.01 Å². The Labute approximate surface area is 78.3 Å². The summed E-state index contributed by atoms with van der Waals surface area (Å²) in [5, 5.41) is 0.